The van der Waals surface area contributed by atoms with Crippen molar-refractivity contribution in [1.82, 2.24) is 0 Å². The minimum absolute atomic E-state index is 0.0299. The summed E-state index contributed by atoms with van der Waals surface area (Å²) in [6.45, 7) is 4.24. The number of Topliss-reactive ketones (excluding diaryl/α,β-unsaturated/α-hetero) is 1. The van der Waals surface area contributed by atoms with Gasteiger partial charge in [0.05, 0.1) is 17.8 Å². The number of carbonyl (C=O) groups excluding carboxylic acids is 1. The van der Waals surface area contributed by atoms with Gasteiger partial charge in [0.15, 0.2) is 5.78 Å². The van der Waals surface area contributed by atoms with Crippen molar-refractivity contribution in [1.29, 1.82) is 0 Å². The van der Waals surface area contributed by atoms with Gasteiger partial charge in [-0.3, -0.25) is 9.79 Å². The highest BCUT2D eigenvalue weighted by Gasteiger charge is 2.35. The maximum atomic E-state index is 13.8. The fourth-order valence-corrected chi connectivity index (χ4v) is 3.26. The normalized spacial score (nSPS) is 17.5. The minimum Gasteiger partial charge on any atom is -0.511 e. The number of ketones is 1. The van der Waals surface area contributed by atoms with E-state index in [0.29, 0.717) is 30.7 Å². The molecule has 134 valence electrons. The minimum atomic E-state index is -0.404. The van der Waals surface area contributed by atoms with Crippen LogP contribution in [0, 0.1) is 11.2 Å². The third-order valence-corrected chi connectivity index (χ3v) is 4.45. The Morgan fingerprint density at radius 1 is 1.12 bits per heavy atom. The number of rotatable bonds is 4. The van der Waals surface area contributed by atoms with Gasteiger partial charge < -0.3 is 5.11 Å². The number of carbonyl (C=O) groups is 1. The molecular formula is C22H22FNO2. The molecule has 3 nitrogen and oxygen atoms in total. The summed E-state index contributed by atoms with van der Waals surface area (Å²) in [4.78, 5) is 17.3. The summed E-state index contributed by atoms with van der Waals surface area (Å²) >= 11 is 0. The first-order valence-electron chi connectivity index (χ1n) is 8.66. The molecule has 0 saturated carbocycles. The highest BCUT2D eigenvalue weighted by molar-refractivity contribution is 6.29. The summed E-state index contributed by atoms with van der Waals surface area (Å²) in [5.41, 5.74) is 1.75. The summed E-state index contributed by atoms with van der Waals surface area (Å²) in [6.07, 6.45) is 0.722. The molecule has 3 rings (SSSR count). The molecule has 2 aromatic carbocycles. The van der Waals surface area contributed by atoms with Crippen LogP contribution in [-0.2, 0) is 11.3 Å². The van der Waals surface area contributed by atoms with Gasteiger partial charge in [-0.15, -0.1) is 0 Å². The number of halogens is 1. The second-order valence-corrected chi connectivity index (χ2v) is 7.42. The van der Waals surface area contributed by atoms with Crippen LogP contribution in [0.4, 0.5) is 4.39 Å². The molecule has 0 saturated heterocycles. The molecule has 0 unspecified atom stereocenters. The van der Waals surface area contributed by atoms with Gasteiger partial charge in [-0.25, -0.2) is 4.39 Å². The monoisotopic (exact) mass is 351 g/mol. The molecule has 0 radical (unpaired) electrons. The van der Waals surface area contributed by atoms with Gasteiger partial charge in [-0.2, -0.15) is 0 Å². The Morgan fingerprint density at radius 2 is 1.85 bits per heavy atom. The van der Waals surface area contributed by atoms with E-state index in [2.05, 4.69) is 4.99 Å². The highest BCUT2D eigenvalue weighted by atomic mass is 19.1. The average Bonchev–Trinajstić information content (AvgIpc) is 2.57. The Labute approximate surface area is 152 Å². The van der Waals surface area contributed by atoms with E-state index in [-0.39, 0.29) is 22.5 Å². The van der Waals surface area contributed by atoms with Gasteiger partial charge in [0.2, 0.25) is 0 Å². The van der Waals surface area contributed by atoms with Crippen molar-refractivity contribution < 1.29 is 14.3 Å². The van der Waals surface area contributed by atoms with Crippen molar-refractivity contribution in [2.75, 3.05) is 0 Å². The highest BCUT2D eigenvalue weighted by Crippen LogP contribution is 2.37. The molecule has 0 fully saturated rings. The van der Waals surface area contributed by atoms with Crippen molar-refractivity contribution in [3.63, 3.8) is 0 Å². The number of nitrogens with zero attached hydrogens (tertiary/aromatic N) is 1. The van der Waals surface area contributed by atoms with Crippen LogP contribution in [0.3, 0.4) is 0 Å². The zero-order valence-corrected chi connectivity index (χ0v) is 15.0. The summed E-state index contributed by atoms with van der Waals surface area (Å²) in [7, 11) is 0. The number of aliphatic hydroxyl groups is 1. The SMILES string of the molecule is CC1(C)CC(=O)C(C(=NCc2ccccc2)c2cccc(F)c2)=C(O)C1. The molecule has 0 heterocycles. The zero-order chi connectivity index (χ0) is 18.7. The van der Waals surface area contributed by atoms with Crippen molar-refractivity contribution in [2.45, 2.75) is 33.2 Å². The van der Waals surface area contributed by atoms with Crippen molar-refractivity contribution in [2.24, 2.45) is 10.4 Å². The Kier molecular flexibility index (Phi) is 5.03. The third-order valence-electron chi connectivity index (χ3n) is 4.45. The lowest BCUT2D eigenvalue weighted by atomic mass is 9.75. The van der Waals surface area contributed by atoms with E-state index in [4.69, 9.17) is 0 Å². The Hall–Kier alpha value is -2.75. The molecule has 0 atom stereocenters. The van der Waals surface area contributed by atoms with E-state index in [0.717, 1.165) is 5.56 Å². The second-order valence-electron chi connectivity index (χ2n) is 7.42. The van der Waals surface area contributed by atoms with E-state index in [1.165, 1.54) is 12.1 Å². The van der Waals surface area contributed by atoms with Crippen LogP contribution in [0.1, 0.15) is 37.8 Å². The quantitative estimate of drug-likeness (QED) is 0.787. The van der Waals surface area contributed by atoms with E-state index >= 15 is 0 Å². The van der Waals surface area contributed by atoms with Crippen LogP contribution in [0.2, 0.25) is 0 Å². The molecule has 4 heteroatoms. The van der Waals surface area contributed by atoms with Crippen molar-refractivity contribution in [3.05, 3.63) is 82.9 Å². The predicted octanol–water partition coefficient (Wildman–Crippen LogP) is 5.02. The van der Waals surface area contributed by atoms with Gasteiger partial charge in [0, 0.05) is 18.4 Å². The van der Waals surface area contributed by atoms with Crippen LogP contribution in [-0.4, -0.2) is 16.6 Å². The number of benzene rings is 2. The zero-order valence-electron chi connectivity index (χ0n) is 15.0. The number of hydrogen-bond donors (Lipinski definition) is 1. The fourth-order valence-electron chi connectivity index (χ4n) is 3.26. The summed E-state index contributed by atoms with van der Waals surface area (Å²) in [5.74, 6) is -0.532. The van der Waals surface area contributed by atoms with Gasteiger partial charge in [-0.1, -0.05) is 56.3 Å². The lowest BCUT2D eigenvalue weighted by molar-refractivity contribution is -0.117. The van der Waals surface area contributed by atoms with Crippen LogP contribution in [0.15, 0.2) is 70.9 Å². The molecule has 2 aromatic rings. The fraction of sp³-hybridized carbons (Fsp3) is 0.273. The number of aliphatic hydroxyl groups excluding tert-OH is 1. The number of hydrogen-bond acceptors (Lipinski definition) is 3. The third kappa shape index (κ3) is 4.07. The Balaban J connectivity index is 2.07. The summed E-state index contributed by atoms with van der Waals surface area (Å²) < 4.78 is 13.8. The van der Waals surface area contributed by atoms with E-state index in [1.54, 1.807) is 12.1 Å². The molecule has 0 spiro atoms. The van der Waals surface area contributed by atoms with Crippen LogP contribution in [0.25, 0.3) is 0 Å². The molecule has 26 heavy (non-hydrogen) atoms. The summed E-state index contributed by atoms with van der Waals surface area (Å²) in [6, 6.07) is 15.6. The number of aliphatic imine (C=N–C) groups is 1. The lowest BCUT2D eigenvalue weighted by Crippen LogP contribution is -2.29. The largest absolute Gasteiger partial charge is 0.511 e. The van der Waals surface area contributed by atoms with Crippen LogP contribution in [0.5, 0.6) is 0 Å². The smallest absolute Gasteiger partial charge is 0.168 e. The van der Waals surface area contributed by atoms with Crippen molar-refractivity contribution >= 4 is 11.5 Å². The molecule has 0 amide bonds. The molecule has 1 aliphatic rings. The first-order chi connectivity index (χ1) is 12.4. The molecule has 1 N–H and O–H groups in total. The maximum absolute atomic E-state index is 13.8. The lowest BCUT2D eigenvalue weighted by Gasteiger charge is -2.30. The molecule has 0 aromatic heterocycles. The molecule has 1 aliphatic carbocycles. The standard InChI is InChI=1S/C22H22FNO2/c1-22(2)12-18(25)20(19(26)13-22)21(16-9-6-10-17(23)11-16)24-14-15-7-4-3-5-8-15/h3-11,25H,12-14H2,1-2H3. The van der Waals surface area contributed by atoms with E-state index in [1.807, 2.05) is 44.2 Å². The maximum Gasteiger partial charge on any atom is 0.168 e. The van der Waals surface area contributed by atoms with E-state index in [9.17, 15) is 14.3 Å². The first kappa shape index (κ1) is 18.1. The topological polar surface area (TPSA) is 49.7 Å². The van der Waals surface area contributed by atoms with Gasteiger partial charge in [0.1, 0.15) is 11.6 Å². The van der Waals surface area contributed by atoms with Crippen LogP contribution < -0.4 is 0 Å². The molecule has 0 bridgehead atoms. The Morgan fingerprint density at radius 3 is 2.50 bits per heavy atom. The first-order valence-corrected chi connectivity index (χ1v) is 8.66. The Bertz CT molecular complexity index is 882. The molecule has 0 aliphatic heterocycles. The second kappa shape index (κ2) is 7.24. The summed E-state index contributed by atoms with van der Waals surface area (Å²) in [5, 5.41) is 10.6. The number of allylic oxidation sites excluding steroid dienone is 2. The van der Waals surface area contributed by atoms with Gasteiger partial charge in [-0.05, 0) is 23.1 Å². The van der Waals surface area contributed by atoms with Crippen molar-refractivity contribution in [3.8, 4) is 0 Å². The van der Waals surface area contributed by atoms with Crippen LogP contribution >= 0.6 is 0 Å². The molecular weight excluding hydrogens is 329 g/mol. The van der Waals surface area contributed by atoms with E-state index < -0.39 is 5.82 Å². The van der Waals surface area contributed by atoms with Gasteiger partial charge >= 0.3 is 0 Å². The van der Waals surface area contributed by atoms with Gasteiger partial charge in [0.25, 0.3) is 0 Å². The predicted molar refractivity (Wildman–Crippen MR) is 101 cm³/mol. The average molecular weight is 351 g/mol.